The zero-order chi connectivity index (χ0) is 12.3. The van der Waals surface area contributed by atoms with E-state index in [1.165, 1.54) is 0 Å². The number of carbonyl (C=O) groups is 1. The van der Waals surface area contributed by atoms with E-state index in [4.69, 9.17) is 10.8 Å². The second-order valence-electron chi connectivity index (χ2n) is 3.94. The maximum absolute atomic E-state index is 12.2. The zero-order valence-electron chi connectivity index (χ0n) is 8.47. The summed E-state index contributed by atoms with van der Waals surface area (Å²) >= 11 is 0.898. The maximum atomic E-state index is 12.2. The van der Waals surface area contributed by atoms with Gasteiger partial charge >= 0.3 is 12.1 Å². The Morgan fingerprint density at radius 2 is 1.93 bits per heavy atom. The van der Waals surface area contributed by atoms with Gasteiger partial charge < -0.3 is 10.8 Å². The molecule has 0 aliphatic carbocycles. The largest absolute Gasteiger partial charge is 0.481 e. The fourth-order valence-corrected chi connectivity index (χ4v) is 1.96. The first-order valence-corrected chi connectivity index (χ1v) is 5.35. The number of halogens is 3. The lowest BCUT2D eigenvalue weighted by Crippen LogP contribution is -2.37. The first kappa shape index (κ1) is 14.6. The Kier molecular flexibility index (Phi) is 4.92. The summed E-state index contributed by atoms with van der Waals surface area (Å²) in [6, 6.07) is 0. The van der Waals surface area contributed by atoms with E-state index in [0.29, 0.717) is 0 Å². The first-order valence-electron chi connectivity index (χ1n) is 4.20. The molecule has 0 radical (unpaired) electrons. The van der Waals surface area contributed by atoms with E-state index >= 15 is 0 Å². The number of aliphatic carboxylic acids is 1. The van der Waals surface area contributed by atoms with Gasteiger partial charge in [0, 0.05) is 17.0 Å². The molecule has 3 nitrogen and oxygen atoms in total. The minimum Gasteiger partial charge on any atom is -0.481 e. The van der Waals surface area contributed by atoms with Crippen LogP contribution >= 0.6 is 11.8 Å². The summed E-state index contributed by atoms with van der Waals surface area (Å²) in [7, 11) is 0. The van der Waals surface area contributed by atoms with Crippen molar-refractivity contribution < 1.29 is 23.1 Å². The van der Waals surface area contributed by atoms with E-state index in [9.17, 15) is 18.0 Å². The molecule has 7 heteroatoms. The van der Waals surface area contributed by atoms with Gasteiger partial charge in [-0.25, -0.2) is 0 Å². The van der Waals surface area contributed by atoms with E-state index < -0.39 is 29.4 Å². The molecule has 0 heterocycles. The smallest absolute Gasteiger partial charge is 0.403 e. The van der Waals surface area contributed by atoms with Crippen molar-refractivity contribution in [3.63, 3.8) is 0 Å². The lowest BCUT2D eigenvalue weighted by molar-refractivity contribution is -0.188. The lowest BCUT2D eigenvalue weighted by Gasteiger charge is -2.20. The normalized spacial score (nSPS) is 15.1. The van der Waals surface area contributed by atoms with Crippen molar-refractivity contribution >= 4 is 17.7 Å². The zero-order valence-corrected chi connectivity index (χ0v) is 9.28. The van der Waals surface area contributed by atoms with Crippen LogP contribution in [0.1, 0.15) is 13.8 Å². The molecular weight excluding hydrogens is 231 g/mol. The number of nitrogens with two attached hydrogens (primary N) is 1. The van der Waals surface area contributed by atoms with Crippen molar-refractivity contribution in [2.75, 3.05) is 11.5 Å². The summed E-state index contributed by atoms with van der Waals surface area (Å²) in [5, 5.41) is 8.37. The highest BCUT2D eigenvalue weighted by Crippen LogP contribution is 2.29. The summed E-state index contributed by atoms with van der Waals surface area (Å²) in [6.07, 6.45) is -4.70. The summed E-state index contributed by atoms with van der Waals surface area (Å²) in [5.74, 6) is -4.37. The lowest BCUT2D eigenvalue weighted by atomic mass is 10.1. The van der Waals surface area contributed by atoms with E-state index in [2.05, 4.69) is 0 Å². The van der Waals surface area contributed by atoms with E-state index in [-0.39, 0.29) is 5.75 Å². The second kappa shape index (κ2) is 5.07. The predicted octanol–water partition coefficient (Wildman–Crippen LogP) is 1.72. The average Bonchev–Trinajstić information content (AvgIpc) is 1.92. The fraction of sp³-hybridized carbons (Fsp3) is 0.875. The van der Waals surface area contributed by atoms with Crippen molar-refractivity contribution in [2.24, 2.45) is 11.7 Å². The highest BCUT2D eigenvalue weighted by molar-refractivity contribution is 7.99. The quantitative estimate of drug-likeness (QED) is 0.774. The number of thioether (sulfide) groups is 1. The molecule has 0 fully saturated rings. The first-order chi connectivity index (χ1) is 6.54. The van der Waals surface area contributed by atoms with Gasteiger partial charge in [0.15, 0.2) is 5.92 Å². The number of carboxylic acid groups (broad SMARTS) is 1. The summed E-state index contributed by atoms with van der Waals surface area (Å²) in [5.41, 5.74) is 4.96. The topological polar surface area (TPSA) is 63.3 Å². The predicted molar refractivity (Wildman–Crippen MR) is 52.8 cm³/mol. The number of rotatable bonds is 5. The minimum absolute atomic E-state index is 0.285. The Morgan fingerprint density at radius 3 is 2.20 bits per heavy atom. The Morgan fingerprint density at radius 1 is 1.47 bits per heavy atom. The van der Waals surface area contributed by atoms with Gasteiger partial charge in [-0.15, -0.1) is 0 Å². The van der Waals surface area contributed by atoms with Crippen LogP contribution in [-0.4, -0.2) is 34.3 Å². The molecule has 0 amide bonds. The number of alkyl halides is 3. The second-order valence-corrected chi connectivity index (χ2v) is 4.97. The third kappa shape index (κ3) is 6.62. The maximum Gasteiger partial charge on any atom is 0.403 e. The molecule has 0 spiro atoms. The highest BCUT2D eigenvalue weighted by atomic mass is 32.2. The van der Waals surface area contributed by atoms with Gasteiger partial charge in [-0.05, 0) is 13.8 Å². The molecule has 0 aromatic carbocycles. The van der Waals surface area contributed by atoms with Crippen molar-refractivity contribution in [1.82, 2.24) is 0 Å². The van der Waals surface area contributed by atoms with Gasteiger partial charge in [0.1, 0.15) is 0 Å². The van der Waals surface area contributed by atoms with Crippen LogP contribution < -0.4 is 5.73 Å². The van der Waals surface area contributed by atoms with Crippen molar-refractivity contribution in [3.8, 4) is 0 Å². The monoisotopic (exact) mass is 245 g/mol. The van der Waals surface area contributed by atoms with Crippen LogP contribution in [0.25, 0.3) is 0 Å². The summed E-state index contributed by atoms with van der Waals surface area (Å²) < 4.78 is 36.5. The Balaban J connectivity index is 4.17. The number of carboxylic acids is 1. The van der Waals surface area contributed by atoms with Gasteiger partial charge in [0.05, 0.1) is 0 Å². The van der Waals surface area contributed by atoms with Crippen LogP contribution in [-0.2, 0) is 4.79 Å². The molecular formula is C8H14F3NO2S. The van der Waals surface area contributed by atoms with Gasteiger partial charge in [0.25, 0.3) is 0 Å². The Bertz CT molecular complexity index is 225. The Hall–Kier alpha value is -0.430. The van der Waals surface area contributed by atoms with Gasteiger partial charge in [-0.1, -0.05) is 0 Å². The molecule has 15 heavy (non-hydrogen) atoms. The molecule has 1 unspecified atom stereocenters. The molecule has 1 atom stereocenters. The van der Waals surface area contributed by atoms with E-state index in [1.807, 2.05) is 0 Å². The third-order valence-electron chi connectivity index (χ3n) is 1.45. The van der Waals surface area contributed by atoms with Crippen LogP contribution in [0.3, 0.4) is 0 Å². The van der Waals surface area contributed by atoms with E-state index in [1.54, 1.807) is 13.8 Å². The minimum atomic E-state index is -4.70. The fourth-order valence-electron chi connectivity index (χ4n) is 0.746. The highest BCUT2D eigenvalue weighted by Gasteiger charge is 2.44. The van der Waals surface area contributed by atoms with Gasteiger partial charge in [-0.2, -0.15) is 24.9 Å². The van der Waals surface area contributed by atoms with Crippen molar-refractivity contribution in [1.29, 1.82) is 0 Å². The molecule has 0 saturated carbocycles. The molecule has 0 aromatic rings. The average molecular weight is 245 g/mol. The third-order valence-corrected chi connectivity index (χ3v) is 2.97. The van der Waals surface area contributed by atoms with Crippen LogP contribution in [0.5, 0.6) is 0 Å². The molecule has 0 bridgehead atoms. The summed E-state index contributed by atoms with van der Waals surface area (Å²) in [4.78, 5) is 10.3. The van der Waals surface area contributed by atoms with Crippen LogP contribution in [0.2, 0.25) is 0 Å². The molecule has 0 aliphatic heterocycles. The molecule has 90 valence electrons. The summed E-state index contributed by atoms with van der Waals surface area (Å²) in [6.45, 7) is 3.34. The Labute approximate surface area is 90.2 Å². The van der Waals surface area contributed by atoms with Crippen LogP contribution in [0.4, 0.5) is 13.2 Å². The van der Waals surface area contributed by atoms with Crippen molar-refractivity contribution in [2.45, 2.75) is 25.6 Å². The number of hydrogen-bond acceptors (Lipinski definition) is 3. The molecule has 0 aliphatic rings. The van der Waals surface area contributed by atoms with Crippen LogP contribution in [0.15, 0.2) is 0 Å². The van der Waals surface area contributed by atoms with Gasteiger partial charge in [-0.3, -0.25) is 4.79 Å². The van der Waals surface area contributed by atoms with Crippen molar-refractivity contribution in [3.05, 3.63) is 0 Å². The molecule has 0 aromatic heterocycles. The number of hydrogen-bond donors (Lipinski definition) is 2. The molecule has 0 saturated heterocycles. The van der Waals surface area contributed by atoms with Crippen LogP contribution in [0, 0.1) is 5.92 Å². The van der Waals surface area contributed by atoms with Gasteiger partial charge in [0.2, 0.25) is 0 Å². The molecule has 0 rings (SSSR count). The SMILES string of the molecule is CC(C)(N)CSCC(C(=O)O)C(F)(F)F. The standard InChI is InChI=1S/C8H14F3NO2S/c1-7(2,12)4-15-3-5(6(13)14)8(9,10)11/h5H,3-4,12H2,1-2H3,(H,13,14). The van der Waals surface area contributed by atoms with E-state index in [0.717, 1.165) is 11.8 Å². The molecule has 3 N–H and O–H groups in total.